The van der Waals surface area contributed by atoms with Gasteiger partial charge in [-0.3, -0.25) is 4.79 Å². The number of aromatic nitrogens is 1. The zero-order valence-electron chi connectivity index (χ0n) is 17.3. The maximum atomic E-state index is 12.7. The normalized spacial score (nSPS) is 11.0. The smallest absolute Gasteiger partial charge is 0.331 e. The lowest BCUT2D eigenvalue weighted by atomic mass is 10.1. The Morgan fingerprint density at radius 3 is 2.52 bits per heavy atom. The first-order valence-electron chi connectivity index (χ1n) is 9.46. The van der Waals surface area contributed by atoms with Crippen molar-refractivity contribution >= 4 is 41.0 Å². The number of nitrogens with zero attached hydrogens (tertiary/aromatic N) is 1. The van der Waals surface area contributed by atoms with Gasteiger partial charge >= 0.3 is 5.97 Å². The molecule has 0 saturated heterocycles. The number of hydrogen-bond donors (Lipinski definition) is 0. The molecular weight excluding hydrogens is 437 g/mol. The van der Waals surface area contributed by atoms with Crippen molar-refractivity contribution in [1.29, 1.82) is 0 Å². The lowest BCUT2D eigenvalue weighted by Crippen LogP contribution is -2.13. The third-order valence-corrected chi connectivity index (χ3v) is 5.48. The average molecular weight is 458 g/mol. The third kappa shape index (κ3) is 5.37. The van der Waals surface area contributed by atoms with Crippen LogP contribution in [0.1, 0.15) is 27.3 Å². The molecule has 0 amide bonds. The molecule has 0 atom stereocenters. The maximum absolute atomic E-state index is 12.7. The number of carbonyl (C=O) groups excluding carboxylic acids is 2. The number of ether oxygens (including phenoxy) is 2. The summed E-state index contributed by atoms with van der Waals surface area (Å²) in [5.74, 6) is -0.208. The van der Waals surface area contributed by atoms with Gasteiger partial charge in [-0.05, 0) is 61.9 Å². The van der Waals surface area contributed by atoms with E-state index in [0.29, 0.717) is 21.4 Å². The lowest BCUT2D eigenvalue weighted by molar-refractivity contribution is -0.136. The monoisotopic (exact) mass is 457 g/mol. The molecule has 0 aliphatic rings. The van der Waals surface area contributed by atoms with Crippen molar-refractivity contribution in [2.45, 2.75) is 13.8 Å². The predicted molar refractivity (Wildman–Crippen MR) is 123 cm³/mol. The van der Waals surface area contributed by atoms with Crippen molar-refractivity contribution in [2.75, 3.05) is 13.7 Å². The summed E-state index contributed by atoms with van der Waals surface area (Å²) >= 11 is 12.1. The van der Waals surface area contributed by atoms with E-state index in [-0.39, 0.29) is 12.4 Å². The molecule has 31 heavy (non-hydrogen) atoms. The minimum atomic E-state index is -0.602. The fourth-order valence-corrected chi connectivity index (χ4v) is 3.53. The Morgan fingerprint density at radius 1 is 1.03 bits per heavy atom. The van der Waals surface area contributed by atoms with Crippen LogP contribution in [0.4, 0.5) is 0 Å². The molecule has 7 heteroatoms. The van der Waals surface area contributed by atoms with Crippen LogP contribution in [0.25, 0.3) is 11.8 Å². The molecule has 0 saturated carbocycles. The molecule has 2 aromatic carbocycles. The van der Waals surface area contributed by atoms with Crippen molar-refractivity contribution in [2.24, 2.45) is 0 Å². The number of Topliss-reactive ketones (excluding diaryl/α,β-unsaturated/α-hetero) is 1. The molecule has 160 valence electrons. The molecule has 0 aliphatic heterocycles. The Bertz CT molecular complexity index is 1160. The molecular formula is C24H21Cl2NO4. The van der Waals surface area contributed by atoms with Crippen LogP contribution in [-0.4, -0.2) is 30.0 Å². The highest BCUT2D eigenvalue weighted by molar-refractivity contribution is 6.42. The first-order chi connectivity index (χ1) is 14.8. The molecule has 0 aliphatic carbocycles. The van der Waals surface area contributed by atoms with Crippen molar-refractivity contribution in [3.63, 3.8) is 0 Å². The number of halogens is 2. The van der Waals surface area contributed by atoms with Crippen molar-refractivity contribution < 1.29 is 19.1 Å². The van der Waals surface area contributed by atoms with Crippen LogP contribution in [0.3, 0.4) is 0 Å². The van der Waals surface area contributed by atoms with E-state index in [9.17, 15) is 9.59 Å². The van der Waals surface area contributed by atoms with E-state index >= 15 is 0 Å². The van der Waals surface area contributed by atoms with Gasteiger partial charge in [0.05, 0.1) is 17.2 Å². The Hall–Kier alpha value is -3.02. The molecule has 0 bridgehead atoms. The van der Waals surface area contributed by atoms with Crippen LogP contribution in [-0.2, 0) is 9.53 Å². The Morgan fingerprint density at radius 2 is 1.81 bits per heavy atom. The van der Waals surface area contributed by atoms with E-state index in [1.54, 1.807) is 37.5 Å². The zero-order chi connectivity index (χ0) is 22.5. The van der Waals surface area contributed by atoms with E-state index in [4.69, 9.17) is 32.7 Å². The fraction of sp³-hybridized carbons (Fsp3) is 0.167. The highest BCUT2D eigenvalue weighted by Gasteiger charge is 2.18. The van der Waals surface area contributed by atoms with Crippen molar-refractivity contribution in [1.82, 2.24) is 4.57 Å². The molecule has 0 radical (unpaired) electrons. The molecule has 0 unspecified atom stereocenters. The highest BCUT2D eigenvalue weighted by atomic mass is 35.5. The summed E-state index contributed by atoms with van der Waals surface area (Å²) in [4.78, 5) is 24.7. The second-order valence-electron chi connectivity index (χ2n) is 6.86. The minimum absolute atomic E-state index is 0.289. The summed E-state index contributed by atoms with van der Waals surface area (Å²) in [5.41, 5.74) is 3.63. The van der Waals surface area contributed by atoms with Crippen LogP contribution < -0.4 is 4.74 Å². The van der Waals surface area contributed by atoms with Crippen LogP contribution in [0.15, 0.2) is 54.6 Å². The van der Waals surface area contributed by atoms with Gasteiger partial charge in [-0.1, -0.05) is 35.3 Å². The lowest BCUT2D eigenvalue weighted by Gasteiger charge is -2.11. The summed E-state index contributed by atoms with van der Waals surface area (Å²) in [5, 5.41) is 0.884. The maximum Gasteiger partial charge on any atom is 0.331 e. The Kier molecular flexibility index (Phi) is 7.21. The summed E-state index contributed by atoms with van der Waals surface area (Å²) in [6.07, 6.45) is 2.88. The first kappa shape index (κ1) is 22.7. The molecule has 1 heterocycles. The minimum Gasteiger partial charge on any atom is -0.497 e. The number of benzene rings is 2. The summed E-state index contributed by atoms with van der Waals surface area (Å²) < 4.78 is 12.2. The van der Waals surface area contributed by atoms with E-state index < -0.39 is 5.97 Å². The average Bonchev–Trinajstić information content (AvgIpc) is 3.06. The van der Waals surface area contributed by atoms with Crippen LogP contribution in [0, 0.1) is 13.8 Å². The standard InChI is InChI=1S/C24H21Cl2NO4/c1-15-11-20(16(2)27(15)18-8-9-21(25)22(26)13-18)23(28)14-31-24(29)10-7-17-5-4-6-19(12-17)30-3/h4-13H,14H2,1-3H3/b10-7+. The molecule has 5 nitrogen and oxygen atoms in total. The zero-order valence-corrected chi connectivity index (χ0v) is 18.8. The molecule has 0 fully saturated rings. The van der Waals surface area contributed by atoms with E-state index in [1.807, 2.05) is 42.7 Å². The summed E-state index contributed by atoms with van der Waals surface area (Å²) in [6, 6.07) is 14.3. The quantitative estimate of drug-likeness (QED) is 0.253. The number of rotatable bonds is 7. The second kappa shape index (κ2) is 9.86. The van der Waals surface area contributed by atoms with Gasteiger partial charge in [0.1, 0.15) is 5.75 Å². The van der Waals surface area contributed by atoms with E-state index in [0.717, 1.165) is 22.6 Å². The molecule has 1 aromatic heterocycles. The van der Waals surface area contributed by atoms with Gasteiger partial charge in [0, 0.05) is 28.7 Å². The largest absolute Gasteiger partial charge is 0.497 e. The van der Waals surface area contributed by atoms with Crippen molar-refractivity contribution in [3.05, 3.63) is 87.2 Å². The first-order valence-corrected chi connectivity index (χ1v) is 10.2. The van der Waals surface area contributed by atoms with E-state index in [2.05, 4.69) is 0 Å². The number of carbonyl (C=O) groups is 2. The molecule has 0 N–H and O–H groups in total. The summed E-state index contributed by atoms with van der Waals surface area (Å²) in [7, 11) is 1.57. The van der Waals surface area contributed by atoms with Crippen LogP contribution in [0.5, 0.6) is 5.75 Å². The molecule has 3 rings (SSSR count). The van der Waals surface area contributed by atoms with Gasteiger partial charge in [-0.2, -0.15) is 0 Å². The van der Waals surface area contributed by atoms with Gasteiger partial charge in [0.25, 0.3) is 0 Å². The van der Waals surface area contributed by atoms with Gasteiger partial charge in [0.15, 0.2) is 6.61 Å². The van der Waals surface area contributed by atoms with Crippen molar-refractivity contribution in [3.8, 4) is 11.4 Å². The number of hydrogen-bond acceptors (Lipinski definition) is 4. The Balaban J connectivity index is 1.68. The van der Waals surface area contributed by atoms with Gasteiger partial charge < -0.3 is 14.0 Å². The van der Waals surface area contributed by atoms with Gasteiger partial charge in [0.2, 0.25) is 5.78 Å². The molecule has 3 aromatic rings. The number of aryl methyl sites for hydroxylation is 1. The van der Waals surface area contributed by atoms with Crippen LogP contribution >= 0.6 is 23.2 Å². The SMILES string of the molecule is COc1cccc(/C=C/C(=O)OCC(=O)c2cc(C)n(-c3ccc(Cl)c(Cl)c3)c2C)c1. The third-order valence-electron chi connectivity index (χ3n) is 4.74. The fourth-order valence-electron chi connectivity index (χ4n) is 3.24. The summed E-state index contributed by atoms with van der Waals surface area (Å²) in [6.45, 7) is 3.36. The Labute approximate surface area is 190 Å². The van der Waals surface area contributed by atoms with Gasteiger partial charge in [-0.15, -0.1) is 0 Å². The second-order valence-corrected chi connectivity index (χ2v) is 7.67. The molecule has 0 spiro atoms. The highest BCUT2D eigenvalue weighted by Crippen LogP contribution is 2.28. The number of ketones is 1. The predicted octanol–water partition coefficient (Wildman–Crippen LogP) is 5.85. The number of esters is 1. The van der Waals surface area contributed by atoms with Gasteiger partial charge in [-0.25, -0.2) is 4.79 Å². The van der Waals surface area contributed by atoms with E-state index in [1.165, 1.54) is 6.08 Å². The topological polar surface area (TPSA) is 57.5 Å². The van der Waals surface area contributed by atoms with Crippen LogP contribution in [0.2, 0.25) is 10.0 Å². The number of methoxy groups -OCH3 is 1.